The highest BCUT2D eigenvalue weighted by molar-refractivity contribution is 6.31. The normalized spacial score (nSPS) is 10.3. The first-order valence-corrected chi connectivity index (χ1v) is 7.21. The first kappa shape index (κ1) is 16.9. The van der Waals surface area contributed by atoms with Gasteiger partial charge in [-0.1, -0.05) is 11.6 Å². The van der Waals surface area contributed by atoms with Crippen LogP contribution in [0.5, 0.6) is 11.5 Å². The number of aryl methyl sites for hydroxylation is 1. The fraction of sp³-hybridized carbons (Fsp3) is 0.250. The summed E-state index contributed by atoms with van der Waals surface area (Å²) < 4.78 is 11.4. The number of nitrogens with zero attached hydrogens (tertiary/aromatic N) is 1. The average molecular weight is 337 g/mol. The lowest BCUT2D eigenvalue weighted by Crippen LogP contribution is -2.27. The Labute approximate surface area is 138 Å². The highest BCUT2D eigenvalue weighted by Crippen LogP contribution is 2.30. The van der Waals surface area contributed by atoms with Gasteiger partial charge in [-0.3, -0.25) is 9.59 Å². The number of halogens is 1. The van der Waals surface area contributed by atoms with Gasteiger partial charge in [0.25, 0.3) is 5.56 Å². The molecule has 2 rings (SSSR count). The second-order valence-corrected chi connectivity index (χ2v) is 5.27. The summed E-state index contributed by atoms with van der Waals surface area (Å²) in [7, 11) is 2.89. The molecular formula is C16H17ClN2O4. The molecule has 0 bridgehead atoms. The van der Waals surface area contributed by atoms with Crippen LogP contribution in [0.1, 0.15) is 5.56 Å². The second-order valence-electron chi connectivity index (χ2n) is 4.86. The molecule has 122 valence electrons. The molecule has 0 aliphatic heterocycles. The van der Waals surface area contributed by atoms with Gasteiger partial charge in [0.05, 0.1) is 19.9 Å². The molecule has 1 heterocycles. The maximum absolute atomic E-state index is 12.2. The summed E-state index contributed by atoms with van der Waals surface area (Å²) in [5.74, 6) is 0.271. The Kier molecular flexibility index (Phi) is 5.28. The van der Waals surface area contributed by atoms with Crippen LogP contribution < -0.4 is 20.3 Å². The number of rotatable bonds is 5. The number of carbonyl (C=O) groups is 1. The predicted molar refractivity (Wildman–Crippen MR) is 88.6 cm³/mol. The van der Waals surface area contributed by atoms with Crippen molar-refractivity contribution in [2.24, 2.45) is 0 Å². The van der Waals surface area contributed by atoms with Crippen LogP contribution in [-0.2, 0) is 11.3 Å². The zero-order valence-electron chi connectivity index (χ0n) is 13.1. The van der Waals surface area contributed by atoms with Gasteiger partial charge in [-0.05, 0) is 30.7 Å². The molecule has 0 saturated carbocycles. The van der Waals surface area contributed by atoms with Gasteiger partial charge in [-0.2, -0.15) is 0 Å². The van der Waals surface area contributed by atoms with E-state index in [9.17, 15) is 9.59 Å². The number of hydrogen-bond acceptors (Lipinski definition) is 4. The van der Waals surface area contributed by atoms with Gasteiger partial charge < -0.3 is 19.4 Å². The summed E-state index contributed by atoms with van der Waals surface area (Å²) in [6.45, 7) is 1.69. The maximum Gasteiger partial charge on any atom is 0.293 e. The Hall–Kier alpha value is -2.47. The van der Waals surface area contributed by atoms with E-state index in [1.54, 1.807) is 24.3 Å². The number of methoxy groups -OCH3 is 2. The number of nitrogens with one attached hydrogen (secondary N) is 1. The van der Waals surface area contributed by atoms with E-state index in [-0.39, 0.29) is 23.8 Å². The van der Waals surface area contributed by atoms with Crippen molar-refractivity contribution >= 4 is 23.2 Å². The molecule has 0 aliphatic rings. The number of anilines is 1. The fourth-order valence-electron chi connectivity index (χ4n) is 2.07. The summed E-state index contributed by atoms with van der Waals surface area (Å²) in [4.78, 5) is 24.2. The molecule has 0 radical (unpaired) electrons. The van der Waals surface area contributed by atoms with Gasteiger partial charge in [0.1, 0.15) is 12.3 Å². The van der Waals surface area contributed by atoms with Gasteiger partial charge in [-0.15, -0.1) is 0 Å². The quantitative estimate of drug-likeness (QED) is 0.910. The van der Waals surface area contributed by atoms with E-state index in [4.69, 9.17) is 21.1 Å². The number of amides is 1. The van der Waals surface area contributed by atoms with Crippen molar-refractivity contribution in [2.75, 3.05) is 19.5 Å². The number of hydrogen-bond donors (Lipinski definition) is 1. The second kappa shape index (κ2) is 7.19. The van der Waals surface area contributed by atoms with E-state index in [0.717, 1.165) is 5.56 Å². The van der Waals surface area contributed by atoms with Crippen molar-refractivity contribution in [3.05, 3.63) is 51.4 Å². The van der Waals surface area contributed by atoms with E-state index < -0.39 is 0 Å². The Morgan fingerprint density at radius 1 is 1.26 bits per heavy atom. The molecule has 0 saturated heterocycles. The van der Waals surface area contributed by atoms with Crippen molar-refractivity contribution in [2.45, 2.75) is 13.5 Å². The number of pyridine rings is 1. The molecule has 2 aromatic rings. The Bertz CT molecular complexity index is 786. The molecule has 0 unspecified atom stereocenters. The van der Waals surface area contributed by atoms with Crippen molar-refractivity contribution in [1.82, 2.24) is 4.57 Å². The topological polar surface area (TPSA) is 69.6 Å². The van der Waals surface area contributed by atoms with Gasteiger partial charge >= 0.3 is 0 Å². The van der Waals surface area contributed by atoms with Gasteiger partial charge in [-0.25, -0.2) is 0 Å². The predicted octanol–water partition coefficient (Wildman–Crippen LogP) is 2.47. The maximum atomic E-state index is 12.2. The molecule has 0 atom stereocenters. The van der Waals surface area contributed by atoms with Gasteiger partial charge in [0.15, 0.2) is 5.75 Å². The molecule has 1 aromatic heterocycles. The van der Waals surface area contributed by atoms with Crippen molar-refractivity contribution in [3.63, 3.8) is 0 Å². The molecule has 0 aliphatic carbocycles. The largest absolute Gasteiger partial charge is 0.495 e. The summed E-state index contributed by atoms with van der Waals surface area (Å²) in [6, 6.07) is 6.53. The van der Waals surface area contributed by atoms with E-state index in [1.165, 1.54) is 25.0 Å². The molecule has 6 nitrogen and oxygen atoms in total. The standard InChI is InChI=1S/C16H17ClN2O4/c1-10-7-12(14(23-3)8-11(10)17)18-15(20)9-19-6-4-5-13(22-2)16(19)21/h4-8H,9H2,1-3H3,(H,18,20). The van der Waals surface area contributed by atoms with Gasteiger partial charge in [0, 0.05) is 17.3 Å². The molecule has 0 fully saturated rings. The van der Waals surface area contributed by atoms with E-state index in [0.29, 0.717) is 16.5 Å². The zero-order chi connectivity index (χ0) is 17.0. The van der Waals surface area contributed by atoms with Crippen LogP contribution in [0, 0.1) is 6.92 Å². The lowest BCUT2D eigenvalue weighted by atomic mass is 10.2. The smallest absolute Gasteiger partial charge is 0.293 e. The van der Waals surface area contributed by atoms with Gasteiger partial charge in [0.2, 0.25) is 5.91 Å². The lowest BCUT2D eigenvalue weighted by Gasteiger charge is -2.13. The van der Waals surface area contributed by atoms with E-state index in [1.807, 2.05) is 6.92 Å². The van der Waals surface area contributed by atoms with Crippen LogP contribution >= 0.6 is 11.6 Å². The van der Waals surface area contributed by atoms with Crippen LogP contribution in [0.3, 0.4) is 0 Å². The Morgan fingerprint density at radius 2 is 1.96 bits per heavy atom. The highest BCUT2D eigenvalue weighted by Gasteiger charge is 2.12. The minimum Gasteiger partial charge on any atom is -0.495 e. The van der Waals surface area contributed by atoms with Crippen LogP contribution in [-0.4, -0.2) is 24.7 Å². The number of ether oxygens (including phenoxy) is 2. The average Bonchev–Trinajstić information content (AvgIpc) is 2.52. The molecule has 1 aromatic carbocycles. The Morgan fingerprint density at radius 3 is 2.61 bits per heavy atom. The minimum atomic E-state index is -0.371. The Balaban J connectivity index is 2.21. The zero-order valence-corrected chi connectivity index (χ0v) is 13.8. The summed E-state index contributed by atoms with van der Waals surface area (Å²) >= 11 is 6.03. The van der Waals surface area contributed by atoms with Crippen molar-refractivity contribution in [3.8, 4) is 11.5 Å². The molecule has 1 N–H and O–H groups in total. The van der Waals surface area contributed by atoms with E-state index in [2.05, 4.69) is 5.32 Å². The molecule has 23 heavy (non-hydrogen) atoms. The highest BCUT2D eigenvalue weighted by atomic mass is 35.5. The summed E-state index contributed by atoms with van der Waals surface area (Å²) in [6.07, 6.45) is 1.52. The first-order chi connectivity index (χ1) is 11.0. The molecule has 0 spiro atoms. The first-order valence-electron chi connectivity index (χ1n) is 6.83. The van der Waals surface area contributed by atoms with E-state index >= 15 is 0 Å². The number of aromatic nitrogens is 1. The van der Waals surface area contributed by atoms with Crippen LogP contribution in [0.4, 0.5) is 5.69 Å². The van der Waals surface area contributed by atoms with Crippen molar-refractivity contribution in [1.29, 1.82) is 0 Å². The third-order valence-corrected chi connectivity index (χ3v) is 3.68. The number of benzene rings is 1. The molecule has 7 heteroatoms. The van der Waals surface area contributed by atoms with Crippen LogP contribution in [0.15, 0.2) is 35.3 Å². The molecule has 1 amide bonds. The van der Waals surface area contributed by atoms with Crippen LogP contribution in [0.25, 0.3) is 0 Å². The SMILES string of the molecule is COc1cc(Cl)c(C)cc1NC(=O)Cn1cccc(OC)c1=O. The third-order valence-electron chi connectivity index (χ3n) is 3.27. The third kappa shape index (κ3) is 3.84. The summed E-state index contributed by atoms with van der Waals surface area (Å²) in [5.41, 5.74) is 0.932. The molecular weight excluding hydrogens is 320 g/mol. The summed E-state index contributed by atoms with van der Waals surface area (Å²) in [5, 5.41) is 3.26. The monoisotopic (exact) mass is 336 g/mol. The minimum absolute atomic E-state index is 0.138. The lowest BCUT2D eigenvalue weighted by molar-refractivity contribution is -0.116. The fourth-order valence-corrected chi connectivity index (χ4v) is 2.22. The van der Waals surface area contributed by atoms with Crippen LogP contribution in [0.2, 0.25) is 5.02 Å². The number of carbonyl (C=O) groups excluding carboxylic acids is 1. The van der Waals surface area contributed by atoms with Crippen molar-refractivity contribution < 1.29 is 14.3 Å².